The van der Waals surface area contributed by atoms with Crippen LogP contribution in [0.15, 0.2) is 42.7 Å². The second-order valence-electron chi connectivity index (χ2n) is 5.15. The van der Waals surface area contributed by atoms with Gasteiger partial charge in [0.15, 0.2) is 0 Å². The van der Waals surface area contributed by atoms with Crippen LogP contribution in [0, 0.1) is 0 Å². The van der Waals surface area contributed by atoms with Crippen LogP contribution in [0.4, 0.5) is 10.5 Å². The third-order valence-corrected chi connectivity index (χ3v) is 3.70. The average Bonchev–Trinajstić information content (AvgIpc) is 2.89. The van der Waals surface area contributed by atoms with Gasteiger partial charge in [-0.15, -0.1) is 0 Å². The maximum Gasteiger partial charge on any atom is 0.404 e. The normalized spacial score (nSPS) is 13.0. The van der Waals surface area contributed by atoms with Crippen LogP contribution in [0.2, 0.25) is 0 Å². The molecule has 21 heavy (non-hydrogen) atoms. The molecule has 1 amide bonds. The highest BCUT2D eigenvalue weighted by Crippen LogP contribution is 2.30. The predicted molar refractivity (Wildman–Crippen MR) is 80.3 cm³/mol. The zero-order valence-electron chi connectivity index (χ0n) is 11.6. The van der Waals surface area contributed by atoms with Crippen molar-refractivity contribution in [2.24, 2.45) is 0 Å². The lowest BCUT2D eigenvalue weighted by atomic mass is 10.1. The minimum atomic E-state index is -0.991. The van der Waals surface area contributed by atoms with Crippen molar-refractivity contribution in [3.05, 3.63) is 59.4 Å². The first-order chi connectivity index (χ1) is 10.2. The van der Waals surface area contributed by atoms with E-state index in [1.54, 1.807) is 0 Å². The van der Waals surface area contributed by atoms with Gasteiger partial charge in [-0.05, 0) is 41.3 Å². The van der Waals surface area contributed by atoms with Crippen LogP contribution in [0.25, 0.3) is 0 Å². The molecular formula is C16H17N3O2. The fraction of sp³-hybridized carbons (Fsp3) is 0.250. The summed E-state index contributed by atoms with van der Waals surface area (Å²) in [6.45, 7) is 2.22. The van der Waals surface area contributed by atoms with Crippen LogP contribution >= 0.6 is 0 Å². The molecule has 2 aromatic rings. The molecule has 0 saturated carbocycles. The molecule has 0 bridgehead atoms. The Hall–Kier alpha value is -2.56. The van der Waals surface area contributed by atoms with Crippen LogP contribution in [0.3, 0.4) is 0 Å². The van der Waals surface area contributed by atoms with E-state index in [0.717, 1.165) is 25.1 Å². The van der Waals surface area contributed by atoms with Gasteiger partial charge in [-0.3, -0.25) is 4.98 Å². The Kier molecular flexibility index (Phi) is 3.73. The molecule has 1 aliphatic heterocycles. The van der Waals surface area contributed by atoms with Gasteiger partial charge >= 0.3 is 6.09 Å². The molecule has 3 rings (SSSR count). The number of nitrogens with one attached hydrogen (secondary N) is 1. The van der Waals surface area contributed by atoms with Crippen LogP contribution < -0.4 is 10.2 Å². The Balaban J connectivity index is 1.72. The second-order valence-corrected chi connectivity index (χ2v) is 5.15. The third kappa shape index (κ3) is 3.13. The Bertz CT molecular complexity index is 643. The van der Waals surface area contributed by atoms with E-state index in [2.05, 4.69) is 27.3 Å². The SMILES string of the molecule is O=C(O)NCc1ccc2c(c1)CCN2Cc1ccncc1. The van der Waals surface area contributed by atoms with E-state index in [1.807, 2.05) is 30.6 Å². The van der Waals surface area contributed by atoms with Gasteiger partial charge in [-0.2, -0.15) is 0 Å². The molecule has 108 valence electrons. The average molecular weight is 283 g/mol. The van der Waals surface area contributed by atoms with Gasteiger partial charge in [0, 0.05) is 37.7 Å². The Morgan fingerprint density at radius 1 is 1.24 bits per heavy atom. The number of hydrogen-bond donors (Lipinski definition) is 2. The van der Waals surface area contributed by atoms with Crippen molar-refractivity contribution in [1.29, 1.82) is 0 Å². The van der Waals surface area contributed by atoms with E-state index >= 15 is 0 Å². The molecule has 1 aromatic heterocycles. The van der Waals surface area contributed by atoms with Crippen LogP contribution in [0.5, 0.6) is 0 Å². The second kappa shape index (κ2) is 5.83. The molecule has 1 aromatic carbocycles. The first-order valence-electron chi connectivity index (χ1n) is 6.95. The number of fused-ring (bicyclic) bond motifs is 1. The molecule has 0 atom stereocenters. The van der Waals surface area contributed by atoms with Gasteiger partial charge < -0.3 is 15.3 Å². The van der Waals surface area contributed by atoms with Crippen molar-refractivity contribution in [2.75, 3.05) is 11.4 Å². The first kappa shape index (κ1) is 13.4. The molecule has 2 heterocycles. The fourth-order valence-electron chi connectivity index (χ4n) is 2.68. The van der Waals surface area contributed by atoms with Crippen LogP contribution in [-0.4, -0.2) is 22.7 Å². The summed E-state index contributed by atoms with van der Waals surface area (Å²) in [6.07, 6.45) is 3.64. The number of benzene rings is 1. The van der Waals surface area contributed by atoms with Crippen molar-refractivity contribution in [3.63, 3.8) is 0 Å². The lowest BCUT2D eigenvalue weighted by Gasteiger charge is -2.19. The minimum Gasteiger partial charge on any atom is -0.465 e. The number of carboxylic acid groups (broad SMARTS) is 1. The lowest BCUT2D eigenvalue weighted by molar-refractivity contribution is 0.194. The molecule has 0 radical (unpaired) electrons. The van der Waals surface area contributed by atoms with E-state index in [1.165, 1.54) is 16.8 Å². The smallest absolute Gasteiger partial charge is 0.404 e. The van der Waals surface area contributed by atoms with Crippen molar-refractivity contribution in [3.8, 4) is 0 Å². The van der Waals surface area contributed by atoms with Gasteiger partial charge in [-0.25, -0.2) is 4.79 Å². The van der Waals surface area contributed by atoms with Gasteiger partial charge in [0.2, 0.25) is 0 Å². The van der Waals surface area contributed by atoms with E-state index < -0.39 is 6.09 Å². The molecule has 0 spiro atoms. The van der Waals surface area contributed by atoms with Gasteiger partial charge in [0.1, 0.15) is 0 Å². The molecule has 5 nitrogen and oxygen atoms in total. The molecule has 0 fully saturated rings. The maximum absolute atomic E-state index is 10.5. The molecule has 2 N–H and O–H groups in total. The third-order valence-electron chi connectivity index (χ3n) is 3.70. The number of anilines is 1. The van der Waals surface area contributed by atoms with Gasteiger partial charge in [0.05, 0.1) is 0 Å². The summed E-state index contributed by atoms with van der Waals surface area (Å²) in [5.74, 6) is 0. The van der Waals surface area contributed by atoms with E-state index in [0.29, 0.717) is 6.54 Å². The monoisotopic (exact) mass is 283 g/mol. The number of pyridine rings is 1. The number of carbonyl (C=O) groups is 1. The Labute approximate surface area is 123 Å². The number of nitrogens with zero attached hydrogens (tertiary/aromatic N) is 2. The standard InChI is InChI=1S/C16H17N3O2/c20-16(21)18-10-13-1-2-15-14(9-13)5-8-19(15)11-12-3-6-17-7-4-12/h1-4,6-7,9,18H,5,8,10-11H2,(H,20,21). The highest BCUT2D eigenvalue weighted by atomic mass is 16.4. The highest BCUT2D eigenvalue weighted by Gasteiger charge is 2.19. The Morgan fingerprint density at radius 3 is 2.81 bits per heavy atom. The maximum atomic E-state index is 10.5. The summed E-state index contributed by atoms with van der Waals surface area (Å²) in [6, 6.07) is 10.2. The van der Waals surface area contributed by atoms with Crippen molar-refractivity contribution in [2.45, 2.75) is 19.5 Å². The molecule has 0 saturated heterocycles. The number of amides is 1. The van der Waals surface area contributed by atoms with Crippen molar-refractivity contribution < 1.29 is 9.90 Å². The van der Waals surface area contributed by atoms with E-state index in [-0.39, 0.29) is 0 Å². The topological polar surface area (TPSA) is 65.5 Å². The first-order valence-corrected chi connectivity index (χ1v) is 6.95. The Morgan fingerprint density at radius 2 is 2.05 bits per heavy atom. The zero-order valence-corrected chi connectivity index (χ0v) is 11.6. The van der Waals surface area contributed by atoms with Crippen molar-refractivity contribution >= 4 is 11.8 Å². The number of rotatable bonds is 4. The summed E-state index contributed by atoms with van der Waals surface area (Å²) in [5.41, 5.74) is 4.77. The van der Waals surface area contributed by atoms with Crippen molar-refractivity contribution in [1.82, 2.24) is 10.3 Å². The number of aromatic nitrogens is 1. The highest BCUT2D eigenvalue weighted by molar-refractivity contribution is 5.65. The fourth-order valence-corrected chi connectivity index (χ4v) is 2.68. The molecule has 0 unspecified atom stereocenters. The van der Waals surface area contributed by atoms with Crippen LogP contribution in [-0.2, 0) is 19.5 Å². The van der Waals surface area contributed by atoms with Gasteiger partial charge in [-0.1, -0.05) is 12.1 Å². The summed E-state index contributed by atoms with van der Waals surface area (Å²) in [7, 11) is 0. The zero-order chi connectivity index (χ0) is 14.7. The lowest BCUT2D eigenvalue weighted by Crippen LogP contribution is -2.20. The summed E-state index contributed by atoms with van der Waals surface area (Å²) < 4.78 is 0. The van der Waals surface area contributed by atoms with Gasteiger partial charge in [0.25, 0.3) is 0 Å². The number of hydrogen-bond acceptors (Lipinski definition) is 3. The minimum absolute atomic E-state index is 0.354. The predicted octanol–water partition coefficient (Wildman–Crippen LogP) is 2.41. The quantitative estimate of drug-likeness (QED) is 0.904. The molecule has 5 heteroatoms. The molecule has 0 aliphatic carbocycles. The molecule has 1 aliphatic rings. The largest absolute Gasteiger partial charge is 0.465 e. The van der Waals surface area contributed by atoms with E-state index in [4.69, 9.17) is 5.11 Å². The summed E-state index contributed by atoms with van der Waals surface area (Å²) in [5, 5.41) is 11.1. The summed E-state index contributed by atoms with van der Waals surface area (Å²) in [4.78, 5) is 16.9. The van der Waals surface area contributed by atoms with E-state index in [9.17, 15) is 4.79 Å². The summed E-state index contributed by atoms with van der Waals surface area (Å²) >= 11 is 0. The molecular weight excluding hydrogens is 266 g/mol. The van der Waals surface area contributed by atoms with Crippen LogP contribution in [0.1, 0.15) is 16.7 Å².